The summed E-state index contributed by atoms with van der Waals surface area (Å²) < 4.78 is 5.68. The number of ether oxygens (including phenoxy) is 1. The van der Waals surface area contributed by atoms with Crippen LogP contribution < -0.4 is 5.32 Å². The minimum Gasteiger partial charge on any atom is -0.481 e. The molecule has 7 heteroatoms. The summed E-state index contributed by atoms with van der Waals surface area (Å²) in [5.74, 6) is -0.750. The minimum atomic E-state index is -0.750. The molecule has 5 aromatic rings. The average Bonchev–Trinajstić information content (AvgIpc) is 3.71. The number of carboxylic acids is 1. The van der Waals surface area contributed by atoms with Crippen molar-refractivity contribution in [1.82, 2.24) is 4.98 Å². The second-order valence-electron chi connectivity index (χ2n) is 9.79. The SMILES string of the molecule is C[C@@H](OC(=O)Nc1c(-c2ccc(-c3ccc(C4(C(=O)O)CC4)cc3)cc2)sc2ncccc12)c1ccccc1. The van der Waals surface area contributed by atoms with Crippen LogP contribution in [0.15, 0.2) is 97.2 Å². The van der Waals surface area contributed by atoms with E-state index in [1.165, 1.54) is 11.3 Å². The van der Waals surface area contributed by atoms with Crippen molar-refractivity contribution in [3.8, 4) is 21.6 Å². The molecule has 3 aromatic carbocycles. The maximum absolute atomic E-state index is 12.9. The van der Waals surface area contributed by atoms with Gasteiger partial charge in [-0.2, -0.15) is 0 Å². The number of fused-ring (bicyclic) bond motifs is 1. The second kappa shape index (κ2) is 10.0. The van der Waals surface area contributed by atoms with Crippen molar-refractivity contribution in [2.75, 3.05) is 5.32 Å². The van der Waals surface area contributed by atoms with Crippen molar-refractivity contribution in [2.45, 2.75) is 31.3 Å². The average molecular weight is 535 g/mol. The van der Waals surface area contributed by atoms with Gasteiger partial charge in [0.15, 0.2) is 0 Å². The first-order valence-electron chi connectivity index (χ1n) is 12.8. The minimum absolute atomic E-state index is 0.395. The van der Waals surface area contributed by atoms with Crippen LogP contribution in [-0.2, 0) is 14.9 Å². The number of rotatable bonds is 7. The Morgan fingerprint density at radius 1 is 0.897 bits per heavy atom. The van der Waals surface area contributed by atoms with Crippen molar-refractivity contribution in [3.63, 3.8) is 0 Å². The van der Waals surface area contributed by atoms with E-state index in [9.17, 15) is 14.7 Å². The van der Waals surface area contributed by atoms with E-state index in [2.05, 4.69) is 10.3 Å². The summed E-state index contributed by atoms with van der Waals surface area (Å²) in [5, 5.41) is 13.4. The molecule has 194 valence electrons. The van der Waals surface area contributed by atoms with Gasteiger partial charge < -0.3 is 9.84 Å². The monoisotopic (exact) mass is 534 g/mol. The molecule has 1 aliphatic carbocycles. The van der Waals surface area contributed by atoms with E-state index in [1.807, 2.05) is 97.9 Å². The third kappa shape index (κ3) is 4.77. The number of pyridine rings is 1. The number of hydrogen-bond acceptors (Lipinski definition) is 5. The molecule has 0 radical (unpaired) electrons. The van der Waals surface area contributed by atoms with Gasteiger partial charge in [-0.05, 0) is 59.7 Å². The summed E-state index contributed by atoms with van der Waals surface area (Å²) in [4.78, 5) is 30.8. The molecule has 1 amide bonds. The Morgan fingerprint density at radius 2 is 1.54 bits per heavy atom. The smallest absolute Gasteiger partial charge is 0.412 e. The summed E-state index contributed by atoms with van der Waals surface area (Å²) in [6.45, 7) is 1.85. The van der Waals surface area contributed by atoms with E-state index < -0.39 is 23.6 Å². The zero-order chi connectivity index (χ0) is 27.0. The molecule has 6 rings (SSSR count). The van der Waals surface area contributed by atoms with Gasteiger partial charge in [0.05, 0.1) is 16.0 Å². The molecule has 1 fully saturated rings. The number of anilines is 1. The molecule has 1 atom stereocenters. The Morgan fingerprint density at radius 3 is 2.18 bits per heavy atom. The molecule has 0 saturated heterocycles. The normalized spacial score (nSPS) is 14.5. The Labute approximate surface area is 229 Å². The van der Waals surface area contributed by atoms with E-state index in [1.54, 1.807) is 6.20 Å². The number of thiophene rings is 1. The Kier molecular flexibility index (Phi) is 6.37. The Hall–Kier alpha value is -4.49. The summed E-state index contributed by atoms with van der Waals surface area (Å²) in [6, 6.07) is 29.3. The molecule has 0 aliphatic heterocycles. The quantitative estimate of drug-likeness (QED) is 0.220. The molecule has 1 saturated carbocycles. The van der Waals surface area contributed by atoms with Gasteiger partial charge >= 0.3 is 12.1 Å². The van der Waals surface area contributed by atoms with Crippen LogP contribution in [0.1, 0.15) is 37.0 Å². The second-order valence-corrected chi connectivity index (χ2v) is 10.8. The first-order chi connectivity index (χ1) is 18.9. The van der Waals surface area contributed by atoms with Crippen LogP contribution in [0.2, 0.25) is 0 Å². The zero-order valence-electron chi connectivity index (χ0n) is 21.3. The van der Waals surface area contributed by atoms with Crippen LogP contribution in [-0.4, -0.2) is 22.2 Å². The predicted molar refractivity (Wildman–Crippen MR) is 154 cm³/mol. The maximum Gasteiger partial charge on any atom is 0.412 e. The highest BCUT2D eigenvalue weighted by Gasteiger charge is 2.51. The predicted octanol–water partition coefficient (Wildman–Crippen LogP) is 8.06. The fourth-order valence-electron chi connectivity index (χ4n) is 4.89. The lowest BCUT2D eigenvalue weighted by atomic mass is 9.93. The third-order valence-electron chi connectivity index (χ3n) is 7.32. The van der Waals surface area contributed by atoms with Gasteiger partial charge in [-0.25, -0.2) is 9.78 Å². The van der Waals surface area contributed by atoms with Crippen LogP contribution in [0.4, 0.5) is 10.5 Å². The largest absolute Gasteiger partial charge is 0.481 e. The number of amides is 1. The van der Waals surface area contributed by atoms with Crippen LogP contribution in [0, 0.1) is 0 Å². The molecule has 39 heavy (non-hydrogen) atoms. The summed E-state index contributed by atoms with van der Waals surface area (Å²) in [5.41, 5.74) is 4.74. The van der Waals surface area contributed by atoms with Crippen LogP contribution in [0.5, 0.6) is 0 Å². The van der Waals surface area contributed by atoms with E-state index in [-0.39, 0.29) is 0 Å². The van der Waals surface area contributed by atoms with E-state index in [4.69, 9.17) is 4.74 Å². The summed E-state index contributed by atoms with van der Waals surface area (Å²) in [6.07, 6.45) is 2.20. The summed E-state index contributed by atoms with van der Waals surface area (Å²) in [7, 11) is 0. The van der Waals surface area contributed by atoms with Crippen LogP contribution in [0.3, 0.4) is 0 Å². The Bertz CT molecular complexity index is 1660. The van der Waals surface area contributed by atoms with Crippen LogP contribution in [0.25, 0.3) is 31.8 Å². The fraction of sp³-hybridized carbons (Fsp3) is 0.156. The molecule has 2 aromatic heterocycles. The molecule has 6 nitrogen and oxygen atoms in total. The number of carboxylic acid groups (broad SMARTS) is 1. The first-order valence-corrected chi connectivity index (χ1v) is 13.6. The van der Waals surface area contributed by atoms with Gasteiger partial charge in [-0.15, -0.1) is 11.3 Å². The first kappa shape index (κ1) is 24.8. The number of benzene rings is 3. The van der Waals surface area contributed by atoms with Gasteiger partial charge in [0, 0.05) is 11.6 Å². The van der Waals surface area contributed by atoms with E-state index in [0.717, 1.165) is 42.9 Å². The maximum atomic E-state index is 12.9. The molecule has 0 spiro atoms. The van der Waals surface area contributed by atoms with Gasteiger partial charge in [0.1, 0.15) is 10.9 Å². The molecule has 2 heterocycles. The number of aliphatic carboxylic acids is 1. The van der Waals surface area contributed by atoms with Gasteiger partial charge in [0.25, 0.3) is 0 Å². The lowest BCUT2D eigenvalue weighted by Crippen LogP contribution is -2.19. The van der Waals surface area contributed by atoms with Crippen molar-refractivity contribution in [3.05, 3.63) is 108 Å². The number of carbonyl (C=O) groups excluding carboxylic acids is 1. The summed E-state index contributed by atoms with van der Waals surface area (Å²) >= 11 is 1.51. The number of aromatic nitrogens is 1. The van der Waals surface area contributed by atoms with Crippen LogP contribution >= 0.6 is 11.3 Å². The highest BCUT2D eigenvalue weighted by molar-refractivity contribution is 7.22. The number of carbonyl (C=O) groups is 2. The molecule has 1 aliphatic rings. The zero-order valence-corrected chi connectivity index (χ0v) is 22.1. The fourth-order valence-corrected chi connectivity index (χ4v) is 5.99. The van der Waals surface area contributed by atoms with Gasteiger partial charge in [0.2, 0.25) is 0 Å². The van der Waals surface area contributed by atoms with Crippen molar-refractivity contribution in [2.24, 2.45) is 0 Å². The van der Waals surface area contributed by atoms with Crippen molar-refractivity contribution >= 4 is 39.3 Å². The van der Waals surface area contributed by atoms with Crippen molar-refractivity contribution < 1.29 is 19.4 Å². The standard InChI is InChI=1S/C32H26N2O4S/c1-20(21-6-3-2-4-7-21)38-31(37)34-27-26-8-5-19-33-29(26)39-28(27)24-11-9-22(10-12-24)23-13-15-25(16-14-23)32(17-18-32)30(35)36/h2-16,19-20H,17-18H2,1H3,(H,34,37)(H,35,36)/t20-/m1/s1. The lowest BCUT2D eigenvalue weighted by molar-refractivity contribution is -0.140. The molecule has 0 bridgehead atoms. The number of hydrogen-bond donors (Lipinski definition) is 2. The lowest BCUT2D eigenvalue weighted by Gasteiger charge is -2.15. The van der Waals surface area contributed by atoms with E-state index >= 15 is 0 Å². The van der Waals surface area contributed by atoms with Gasteiger partial charge in [-0.3, -0.25) is 10.1 Å². The molecule has 2 N–H and O–H groups in total. The Balaban J connectivity index is 1.25. The highest BCUT2D eigenvalue weighted by Crippen LogP contribution is 2.48. The van der Waals surface area contributed by atoms with Crippen molar-refractivity contribution in [1.29, 1.82) is 0 Å². The molecule has 0 unspecified atom stereocenters. The third-order valence-corrected chi connectivity index (χ3v) is 8.49. The highest BCUT2D eigenvalue weighted by atomic mass is 32.1. The molecular weight excluding hydrogens is 508 g/mol. The molecular formula is C32H26N2O4S. The topological polar surface area (TPSA) is 88.5 Å². The van der Waals surface area contributed by atoms with Gasteiger partial charge in [-0.1, -0.05) is 78.9 Å². The van der Waals surface area contributed by atoms with E-state index in [0.29, 0.717) is 18.5 Å². The number of nitrogens with zero attached hydrogens (tertiary/aromatic N) is 1. The number of nitrogens with one attached hydrogen (secondary N) is 1.